The number of carbonyl (C=O) groups excluding carboxylic acids is 5. The van der Waals surface area contributed by atoms with Crippen LogP contribution in [-0.4, -0.2) is 88.3 Å². The minimum Gasteiger partial charge on any atom is -0.433 e. The second-order valence-electron chi connectivity index (χ2n) is 11.3. The summed E-state index contributed by atoms with van der Waals surface area (Å²) < 4.78 is 6.24. The molecule has 0 atom stereocenters. The van der Waals surface area contributed by atoms with Gasteiger partial charge >= 0.3 is 7.05 Å². The van der Waals surface area contributed by atoms with E-state index in [0.717, 1.165) is 0 Å². The first-order valence-electron chi connectivity index (χ1n) is 14.9. The van der Waals surface area contributed by atoms with Gasteiger partial charge in [-0.15, -0.1) is 0 Å². The fourth-order valence-corrected chi connectivity index (χ4v) is 5.49. The van der Waals surface area contributed by atoms with Crippen LogP contribution in [0.1, 0.15) is 55.4 Å². The summed E-state index contributed by atoms with van der Waals surface area (Å²) in [6, 6.07) is 4.68. The van der Waals surface area contributed by atoms with Crippen LogP contribution in [0.4, 0.5) is 22.9 Å². The summed E-state index contributed by atoms with van der Waals surface area (Å²) in [5, 5.41) is 20.6. The van der Waals surface area contributed by atoms with Gasteiger partial charge in [-0.1, -0.05) is 11.8 Å². The van der Waals surface area contributed by atoms with Crippen molar-refractivity contribution in [1.82, 2.24) is 28.2 Å². The van der Waals surface area contributed by atoms with Crippen molar-refractivity contribution >= 4 is 70.4 Å². The van der Waals surface area contributed by atoms with Crippen molar-refractivity contribution in [2.45, 2.75) is 20.2 Å². The molecule has 0 fully saturated rings. The SMILES string of the molecule is CB(O)Nc1cc(C(=O)Nc2cn(C)c(C(=O)Nc3cc(C(=O)Nc4cc(C(=O)N(C)CCCSC(C)=O)n(C)c4)n(C)c3)n2)n(C)c1. The summed E-state index contributed by atoms with van der Waals surface area (Å²) in [6.07, 6.45) is 7.04. The van der Waals surface area contributed by atoms with Crippen LogP contribution in [0, 0.1) is 0 Å². The third kappa shape index (κ3) is 8.77. The molecule has 0 unspecified atom stereocenters. The normalized spacial score (nSPS) is 10.8. The highest BCUT2D eigenvalue weighted by molar-refractivity contribution is 8.13. The van der Waals surface area contributed by atoms with Crippen LogP contribution in [-0.2, 0) is 33.0 Å². The Bertz CT molecular complexity index is 1860. The number of aryl methyl sites for hydroxylation is 4. The van der Waals surface area contributed by atoms with Crippen molar-refractivity contribution in [3.8, 4) is 0 Å². The molecular weight excluding hydrogens is 639 g/mol. The van der Waals surface area contributed by atoms with E-state index in [0.29, 0.717) is 47.2 Å². The number of hydrogen-bond donors (Lipinski definition) is 5. The Hall–Kier alpha value is -5.23. The lowest BCUT2D eigenvalue weighted by molar-refractivity contribution is -0.109. The Morgan fingerprint density at radius 3 is 1.92 bits per heavy atom. The number of carbonyl (C=O) groups is 5. The molecule has 0 aromatic carbocycles. The number of amides is 4. The van der Waals surface area contributed by atoms with Crippen LogP contribution in [0.2, 0.25) is 6.82 Å². The highest BCUT2D eigenvalue weighted by Gasteiger charge is 2.21. The topological polar surface area (TPSA) is 190 Å². The third-order valence-corrected chi connectivity index (χ3v) is 8.10. The van der Waals surface area contributed by atoms with Crippen molar-refractivity contribution in [3.05, 3.63) is 65.9 Å². The van der Waals surface area contributed by atoms with Gasteiger partial charge in [0.1, 0.15) is 17.1 Å². The predicted molar refractivity (Wildman–Crippen MR) is 185 cm³/mol. The molecule has 4 aromatic rings. The molecule has 16 nitrogen and oxygen atoms in total. The molecule has 4 aromatic heterocycles. The molecule has 254 valence electrons. The first kappa shape index (κ1) is 35.6. The number of hydrogen-bond acceptors (Lipinski definition) is 9. The van der Waals surface area contributed by atoms with Crippen molar-refractivity contribution in [1.29, 1.82) is 0 Å². The lowest BCUT2D eigenvalue weighted by atomic mass is 9.89. The van der Waals surface area contributed by atoms with Crippen molar-refractivity contribution in [3.63, 3.8) is 0 Å². The van der Waals surface area contributed by atoms with E-state index in [9.17, 15) is 29.0 Å². The van der Waals surface area contributed by atoms with Crippen molar-refractivity contribution in [2.75, 3.05) is 40.5 Å². The van der Waals surface area contributed by atoms with Gasteiger partial charge in [0.15, 0.2) is 10.9 Å². The Morgan fingerprint density at radius 2 is 1.31 bits per heavy atom. The van der Waals surface area contributed by atoms with E-state index in [-0.39, 0.29) is 28.4 Å². The van der Waals surface area contributed by atoms with E-state index in [1.807, 2.05) is 0 Å². The van der Waals surface area contributed by atoms with E-state index < -0.39 is 24.8 Å². The largest absolute Gasteiger partial charge is 0.433 e. The molecule has 0 aliphatic heterocycles. The van der Waals surface area contributed by atoms with Crippen LogP contribution >= 0.6 is 11.8 Å². The maximum Gasteiger partial charge on any atom is 0.406 e. The van der Waals surface area contributed by atoms with Crippen LogP contribution in [0.15, 0.2) is 43.0 Å². The first-order valence-corrected chi connectivity index (χ1v) is 15.9. The van der Waals surface area contributed by atoms with Crippen LogP contribution in [0.25, 0.3) is 0 Å². The molecular formula is C30H39BN10O6S. The summed E-state index contributed by atoms with van der Waals surface area (Å²) in [5.41, 5.74) is 2.28. The number of nitrogens with zero attached hydrogens (tertiary/aromatic N) is 6. The van der Waals surface area contributed by atoms with Gasteiger partial charge in [0.2, 0.25) is 5.82 Å². The molecule has 0 aliphatic rings. The zero-order valence-corrected chi connectivity index (χ0v) is 28.6. The van der Waals surface area contributed by atoms with Crippen molar-refractivity contribution in [2.24, 2.45) is 28.2 Å². The number of anilines is 4. The zero-order chi connectivity index (χ0) is 35.3. The Kier molecular flexibility index (Phi) is 11.2. The maximum absolute atomic E-state index is 13.2. The Balaban J connectivity index is 1.37. The fourth-order valence-electron chi connectivity index (χ4n) is 4.93. The van der Waals surface area contributed by atoms with Gasteiger partial charge in [-0.25, -0.2) is 4.98 Å². The van der Waals surface area contributed by atoms with Gasteiger partial charge in [-0.2, -0.15) is 0 Å². The van der Waals surface area contributed by atoms with Gasteiger partial charge < -0.3 is 49.4 Å². The molecule has 0 bridgehead atoms. The summed E-state index contributed by atoms with van der Waals surface area (Å²) in [5.74, 6) is -0.881. The highest BCUT2D eigenvalue weighted by Crippen LogP contribution is 2.20. The Labute approximate surface area is 282 Å². The average molecular weight is 679 g/mol. The predicted octanol–water partition coefficient (Wildman–Crippen LogP) is 2.46. The molecule has 4 rings (SSSR count). The Morgan fingerprint density at radius 1 is 0.792 bits per heavy atom. The molecule has 5 N–H and O–H groups in total. The molecule has 4 heterocycles. The number of aromatic nitrogens is 5. The molecule has 48 heavy (non-hydrogen) atoms. The average Bonchev–Trinajstić information content (AvgIpc) is 3.75. The van der Waals surface area contributed by atoms with Gasteiger partial charge in [0.05, 0.1) is 11.4 Å². The summed E-state index contributed by atoms with van der Waals surface area (Å²) in [7, 11) is 7.56. The van der Waals surface area contributed by atoms with Gasteiger partial charge in [-0.05, 0) is 31.4 Å². The number of thioether (sulfide) groups is 1. The third-order valence-electron chi connectivity index (χ3n) is 7.20. The minimum absolute atomic E-state index is 0.0209. The van der Waals surface area contributed by atoms with E-state index in [1.54, 1.807) is 91.4 Å². The molecule has 0 radical (unpaired) electrons. The molecule has 18 heteroatoms. The highest BCUT2D eigenvalue weighted by atomic mass is 32.2. The maximum atomic E-state index is 13.2. The van der Waals surface area contributed by atoms with E-state index in [4.69, 9.17) is 0 Å². The molecule has 0 spiro atoms. The monoisotopic (exact) mass is 678 g/mol. The van der Waals surface area contributed by atoms with Crippen LogP contribution in [0.3, 0.4) is 0 Å². The molecule has 0 saturated heterocycles. The quantitative estimate of drug-likeness (QED) is 0.105. The number of nitrogens with one attached hydrogen (secondary N) is 4. The van der Waals surface area contributed by atoms with E-state index in [2.05, 4.69) is 26.2 Å². The molecule has 0 saturated carbocycles. The molecule has 4 amide bonds. The smallest absolute Gasteiger partial charge is 0.406 e. The lowest BCUT2D eigenvalue weighted by Crippen LogP contribution is -2.29. The second kappa shape index (κ2) is 15.1. The first-order chi connectivity index (χ1) is 22.6. The minimum atomic E-state index is -0.794. The van der Waals surface area contributed by atoms with Gasteiger partial charge in [0, 0.05) is 84.9 Å². The molecule has 0 aliphatic carbocycles. The fraction of sp³-hybridized carbons (Fsp3) is 0.333. The summed E-state index contributed by atoms with van der Waals surface area (Å²) in [6.45, 7) is 3.55. The standard InChI is InChI=1S/C30H39BN10O6S/c1-18(42)48-10-8-9-37(3)30(46)24-12-20(15-40(24)6)32-27(43)22-11-19(14-38(22)4)33-29(45)26-34-25(17-41(26)7)35-28(44)23-13-21(16-39(23)5)36-31(2)47/h11-17,36,47H,8-10H2,1-7H3,(H,32,43)(H,33,45)(H,35,44). The van der Waals surface area contributed by atoms with E-state index >= 15 is 0 Å². The van der Waals surface area contributed by atoms with Crippen LogP contribution < -0.4 is 21.2 Å². The second-order valence-corrected chi connectivity index (χ2v) is 12.6. The number of rotatable bonds is 13. The lowest BCUT2D eigenvalue weighted by Gasteiger charge is -2.17. The van der Waals surface area contributed by atoms with Gasteiger partial charge in [-0.3, -0.25) is 24.0 Å². The van der Waals surface area contributed by atoms with E-state index in [1.165, 1.54) is 35.5 Å². The zero-order valence-electron chi connectivity index (χ0n) is 27.8. The van der Waals surface area contributed by atoms with Crippen molar-refractivity contribution < 1.29 is 29.0 Å². The van der Waals surface area contributed by atoms with Crippen LogP contribution in [0.5, 0.6) is 0 Å². The number of imidazole rings is 1. The summed E-state index contributed by atoms with van der Waals surface area (Å²) >= 11 is 1.22. The summed E-state index contributed by atoms with van der Waals surface area (Å²) in [4.78, 5) is 69.0. The van der Waals surface area contributed by atoms with Gasteiger partial charge in [0.25, 0.3) is 23.6 Å².